The molecule has 1 fully saturated rings. The molecule has 0 spiro atoms. The summed E-state index contributed by atoms with van der Waals surface area (Å²) < 4.78 is 3.69. The summed E-state index contributed by atoms with van der Waals surface area (Å²) in [7, 11) is 0. The average molecular weight is 282 g/mol. The second kappa shape index (κ2) is 4.69. The smallest absolute Gasteiger partial charge is 0.253 e. The van der Waals surface area contributed by atoms with Crippen molar-refractivity contribution in [1.82, 2.24) is 19.8 Å². The Morgan fingerprint density at radius 2 is 2.50 bits per heavy atom. The van der Waals surface area contributed by atoms with Crippen LogP contribution in [0.2, 0.25) is 0 Å². The molecule has 18 heavy (non-hydrogen) atoms. The van der Waals surface area contributed by atoms with Gasteiger partial charge in [0.2, 0.25) is 5.91 Å². The summed E-state index contributed by atoms with van der Waals surface area (Å²) >= 11 is 2.86. The molecule has 8 heteroatoms. The highest BCUT2D eigenvalue weighted by Crippen LogP contribution is 2.33. The number of β-lactam (4-membered cyclic amide) rings is 1. The van der Waals surface area contributed by atoms with Gasteiger partial charge in [-0.15, -0.1) is 16.9 Å². The molecular formula is C10H10N4O2S2. The molecule has 1 aromatic heterocycles. The Morgan fingerprint density at radius 1 is 1.61 bits per heavy atom. The van der Waals surface area contributed by atoms with Crippen LogP contribution in [0.4, 0.5) is 0 Å². The van der Waals surface area contributed by atoms with Gasteiger partial charge in [0.05, 0.1) is 12.1 Å². The van der Waals surface area contributed by atoms with Gasteiger partial charge in [0.15, 0.2) is 0 Å². The SMILES string of the molecule is O=C(Cc1csnn1)NC1C(=O)N2C=CCS[C@@H]12. The quantitative estimate of drug-likeness (QED) is 0.790. The topological polar surface area (TPSA) is 75.2 Å². The van der Waals surface area contributed by atoms with Crippen LogP contribution in [0.3, 0.4) is 0 Å². The van der Waals surface area contributed by atoms with Gasteiger partial charge in [-0.25, -0.2) is 0 Å². The minimum Gasteiger partial charge on any atom is -0.341 e. The molecule has 2 amide bonds. The molecule has 94 valence electrons. The van der Waals surface area contributed by atoms with Crippen LogP contribution in [-0.4, -0.2) is 43.5 Å². The molecule has 3 heterocycles. The maximum absolute atomic E-state index is 11.8. The lowest BCUT2D eigenvalue weighted by molar-refractivity contribution is -0.144. The molecule has 0 aromatic carbocycles. The van der Waals surface area contributed by atoms with E-state index in [1.165, 1.54) is 11.5 Å². The minimum absolute atomic E-state index is 0.0417. The summed E-state index contributed by atoms with van der Waals surface area (Å²) in [6.07, 6.45) is 3.90. The van der Waals surface area contributed by atoms with Crippen molar-refractivity contribution in [3.8, 4) is 0 Å². The van der Waals surface area contributed by atoms with Crippen molar-refractivity contribution in [2.24, 2.45) is 0 Å². The molecule has 1 saturated heterocycles. The first-order chi connectivity index (χ1) is 8.75. The zero-order valence-corrected chi connectivity index (χ0v) is 10.9. The number of nitrogens with zero attached hydrogens (tertiary/aromatic N) is 3. The van der Waals surface area contributed by atoms with Crippen molar-refractivity contribution < 1.29 is 9.59 Å². The van der Waals surface area contributed by atoms with Crippen molar-refractivity contribution in [2.75, 3.05) is 5.75 Å². The third kappa shape index (κ3) is 2.01. The van der Waals surface area contributed by atoms with Gasteiger partial charge in [-0.1, -0.05) is 10.6 Å². The van der Waals surface area contributed by atoms with E-state index < -0.39 is 6.04 Å². The zero-order chi connectivity index (χ0) is 12.5. The highest BCUT2D eigenvalue weighted by atomic mass is 32.2. The Bertz CT molecular complexity index is 502. The van der Waals surface area contributed by atoms with Gasteiger partial charge < -0.3 is 10.2 Å². The summed E-state index contributed by atoms with van der Waals surface area (Å²) in [5.74, 6) is 0.639. The van der Waals surface area contributed by atoms with Gasteiger partial charge in [-0.05, 0) is 11.5 Å². The van der Waals surface area contributed by atoms with E-state index in [0.717, 1.165) is 5.75 Å². The molecule has 0 radical (unpaired) electrons. The van der Waals surface area contributed by atoms with E-state index in [-0.39, 0.29) is 23.6 Å². The average Bonchev–Trinajstić information content (AvgIpc) is 2.88. The summed E-state index contributed by atoms with van der Waals surface area (Å²) in [5.41, 5.74) is 0.636. The number of carbonyl (C=O) groups excluding carboxylic acids is 2. The van der Waals surface area contributed by atoms with Crippen LogP contribution in [0.5, 0.6) is 0 Å². The maximum Gasteiger partial charge on any atom is 0.253 e. The van der Waals surface area contributed by atoms with Gasteiger partial charge in [0, 0.05) is 17.3 Å². The van der Waals surface area contributed by atoms with Crippen LogP contribution in [0.15, 0.2) is 17.7 Å². The number of aromatic nitrogens is 2. The second-order valence-electron chi connectivity index (χ2n) is 3.97. The van der Waals surface area contributed by atoms with E-state index in [9.17, 15) is 9.59 Å². The number of thioether (sulfide) groups is 1. The highest BCUT2D eigenvalue weighted by Gasteiger charge is 2.48. The Labute approximate surface area is 112 Å². The Balaban J connectivity index is 1.59. The minimum atomic E-state index is -0.404. The van der Waals surface area contributed by atoms with Crippen LogP contribution in [0.25, 0.3) is 0 Å². The van der Waals surface area contributed by atoms with Gasteiger partial charge in [-0.2, -0.15) is 0 Å². The van der Waals surface area contributed by atoms with Crippen molar-refractivity contribution >= 4 is 35.1 Å². The molecule has 1 N–H and O–H groups in total. The van der Waals surface area contributed by atoms with Crippen molar-refractivity contribution in [1.29, 1.82) is 0 Å². The predicted molar refractivity (Wildman–Crippen MR) is 67.8 cm³/mol. The third-order valence-electron chi connectivity index (χ3n) is 2.77. The number of carbonyl (C=O) groups is 2. The van der Waals surface area contributed by atoms with E-state index in [1.807, 2.05) is 6.08 Å². The normalized spacial score (nSPS) is 25.6. The van der Waals surface area contributed by atoms with Crippen LogP contribution < -0.4 is 5.32 Å². The van der Waals surface area contributed by atoms with E-state index in [4.69, 9.17) is 0 Å². The van der Waals surface area contributed by atoms with Crippen LogP contribution in [0, 0.1) is 0 Å². The molecule has 2 aliphatic rings. The number of hydrogen-bond acceptors (Lipinski definition) is 6. The molecule has 0 bridgehead atoms. The first kappa shape index (κ1) is 11.7. The number of nitrogens with one attached hydrogen (secondary N) is 1. The van der Waals surface area contributed by atoms with Gasteiger partial charge in [0.1, 0.15) is 11.4 Å². The molecule has 1 unspecified atom stereocenters. The molecule has 6 nitrogen and oxygen atoms in total. The van der Waals surface area contributed by atoms with Gasteiger partial charge >= 0.3 is 0 Å². The van der Waals surface area contributed by atoms with Crippen LogP contribution >= 0.6 is 23.3 Å². The largest absolute Gasteiger partial charge is 0.341 e. The Hall–Kier alpha value is -1.41. The number of hydrogen-bond donors (Lipinski definition) is 1. The Morgan fingerprint density at radius 3 is 3.28 bits per heavy atom. The summed E-state index contributed by atoms with van der Waals surface area (Å²) in [6, 6.07) is -0.404. The van der Waals surface area contributed by atoms with E-state index >= 15 is 0 Å². The van der Waals surface area contributed by atoms with Crippen molar-refractivity contribution in [3.05, 3.63) is 23.3 Å². The monoisotopic (exact) mass is 282 g/mol. The molecule has 1 aromatic rings. The van der Waals surface area contributed by atoms with Crippen molar-refractivity contribution in [3.63, 3.8) is 0 Å². The van der Waals surface area contributed by atoms with Crippen LogP contribution in [0.1, 0.15) is 5.69 Å². The molecule has 0 aliphatic carbocycles. The third-order valence-corrected chi connectivity index (χ3v) is 4.55. The van der Waals surface area contributed by atoms with E-state index in [2.05, 4.69) is 14.9 Å². The first-order valence-corrected chi connectivity index (χ1v) is 7.30. The van der Waals surface area contributed by atoms with E-state index in [0.29, 0.717) is 5.69 Å². The van der Waals surface area contributed by atoms with Crippen LogP contribution in [-0.2, 0) is 16.0 Å². The maximum atomic E-state index is 11.8. The first-order valence-electron chi connectivity index (χ1n) is 5.41. The lowest BCUT2D eigenvalue weighted by Gasteiger charge is -2.46. The zero-order valence-electron chi connectivity index (χ0n) is 9.28. The molecule has 2 atom stereocenters. The van der Waals surface area contributed by atoms with E-state index in [1.54, 1.807) is 28.2 Å². The summed E-state index contributed by atoms with van der Waals surface area (Å²) in [6.45, 7) is 0. The number of amides is 2. The molecule has 0 saturated carbocycles. The lowest BCUT2D eigenvalue weighted by atomic mass is 10.1. The van der Waals surface area contributed by atoms with Crippen molar-refractivity contribution in [2.45, 2.75) is 17.8 Å². The lowest BCUT2D eigenvalue weighted by Crippen LogP contribution is -2.68. The standard InChI is InChI=1S/C10H10N4O2S2/c15-7(4-6-5-18-13-12-6)11-8-9(16)14-2-1-3-17-10(8)14/h1-2,5,8,10H,3-4H2,(H,11,15)/t8?,10-/m0/s1. The fourth-order valence-electron chi connectivity index (χ4n) is 1.92. The molecule has 3 rings (SSSR count). The Kier molecular flexibility index (Phi) is 3.04. The number of fused-ring (bicyclic) bond motifs is 1. The molecular weight excluding hydrogens is 272 g/mol. The number of rotatable bonds is 3. The fourth-order valence-corrected chi connectivity index (χ4v) is 3.47. The molecule has 2 aliphatic heterocycles. The summed E-state index contributed by atoms with van der Waals surface area (Å²) in [5, 5.41) is 8.33. The van der Waals surface area contributed by atoms with Gasteiger partial charge in [-0.3, -0.25) is 9.59 Å². The van der Waals surface area contributed by atoms with Gasteiger partial charge in [0.25, 0.3) is 5.91 Å². The highest BCUT2D eigenvalue weighted by molar-refractivity contribution is 8.00. The predicted octanol–water partition coefficient (Wildman–Crippen LogP) is -0.00580. The second-order valence-corrected chi connectivity index (χ2v) is 5.73. The summed E-state index contributed by atoms with van der Waals surface area (Å²) in [4.78, 5) is 25.2. The fraction of sp³-hybridized carbons (Fsp3) is 0.400.